The van der Waals surface area contributed by atoms with Gasteiger partial charge in [-0.1, -0.05) is 23.7 Å². The Kier molecular flexibility index (Phi) is 5.03. The Morgan fingerprint density at radius 2 is 1.96 bits per heavy atom. The van der Waals surface area contributed by atoms with Crippen molar-refractivity contribution in [3.05, 3.63) is 58.9 Å². The molecule has 1 unspecified atom stereocenters. The molecule has 1 fully saturated rings. The van der Waals surface area contributed by atoms with Crippen molar-refractivity contribution < 1.29 is 4.79 Å². The summed E-state index contributed by atoms with van der Waals surface area (Å²) in [7, 11) is 2.05. The van der Waals surface area contributed by atoms with Crippen molar-refractivity contribution in [2.45, 2.75) is 18.9 Å². The summed E-state index contributed by atoms with van der Waals surface area (Å²) in [5.74, 6) is -0.117. The number of halogens is 1. The van der Waals surface area contributed by atoms with Crippen LogP contribution in [0.4, 0.5) is 0 Å². The molecular weight excluding hydrogens is 310 g/mol. The molecule has 5 heteroatoms. The maximum absolute atomic E-state index is 12.4. The van der Waals surface area contributed by atoms with Gasteiger partial charge in [0.15, 0.2) is 0 Å². The molecule has 23 heavy (non-hydrogen) atoms. The SMILES string of the molecule is Cn1cccc1C(CNC(=O)c1ccccc1Cl)N1CCCC1. The fourth-order valence-electron chi connectivity index (χ4n) is 3.22. The Labute approximate surface area is 142 Å². The molecular formula is C18H22ClN3O. The fraction of sp³-hybridized carbons (Fsp3) is 0.389. The molecule has 1 saturated heterocycles. The van der Waals surface area contributed by atoms with Crippen LogP contribution in [0.5, 0.6) is 0 Å². The fourth-order valence-corrected chi connectivity index (χ4v) is 3.45. The molecule has 2 heterocycles. The van der Waals surface area contributed by atoms with Gasteiger partial charge >= 0.3 is 0 Å². The van der Waals surface area contributed by atoms with Crippen molar-refractivity contribution >= 4 is 17.5 Å². The van der Waals surface area contributed by atoms with Gasteiger partial charge in [-0.2, -0.15) is 0 Å². The van der Waals surface area contributed by atoms with E-state index in [2.05, 4.69) is 20.9 Å². The second-order valence-corrected chi connectivity index (χ2v) is 6.40. The number of hydrogen-bond donors (Lipinski definition) is 1. The minimum absolute atomic E-state index is 0.117. The predicted molar refractivity (Wildman–Crippen MR) is 92.7 cm³/mol. The van der Waals surface area contributed by atoms with Gasteiger partial charge in [0, 0.05) is 25.5 Å². The van der Waals surface area contributed by atoms with Crippen molar-refractivity contribution in [3.63, 3.8) is 0 Å². The first-order valence-corrected chi connectivity index (χ1v) is 8.42. The van der Waals surface area contributed by atoms with Crippen LogP contribution >= 0.6 is 11.6 Å². The molecule has 2 aromatic rings. The molecule has 1 aliphatic heterocycles. The number of benzene rings is 1. The lowest BCUT2D eigenvalue weighted by molar-refractivity contribution is 0.0937. The highest BCUT2D eigenvalue weighted by atomic mass is 35.5. The monoisotopic (exact) mass is 331 g/mol. The van der Waals surface area contributed by atoms with Crippen molar-refractivity contribution in [1.29, 1.82) is 0 Å². The summed E-state index contributed by atoms with van der Waals surface area (Å²) in [4.78, 5) is 14.9. The zero-order valence-electron chi connectivity index (χ0n) is 13.3. The van der Waals surface area contributed by atoms with E-state index in [1.807, 2.05) is 31.4 Å². The molecule has 1 aromatic heterocycles. The molecule has 122 valence electrons. The Morgan fingerprint density at radius 1 is 1.22 bits per heavy atom. The van der Waals surface area contributed by atoms with Crippen molar-refractivity contribution in [2.24, 2.45) is 7.05 Å². The van der Waals surface area contributed by atoms with Crippen LogP contribution in [0.25, 0.3) is 0 Å². The van der Waals surface area contributed by atoms with Gasteiger partial charge in [-0.3, -0.25) is 9.69 Å². The van der Waals surface area contributed by atoms with E-state index in [4.69, 9.17) is 11.6 Å². The number of nitrogens with one attached hydrogen (secondary N) is 1. The topological polar surface area (TPSA) is 37.3 Å². The lowest BCUT2D eigenvalue weighted by atomic mass is 10.1. The van der Waals surface area contributed by atoms with E-state index < -0.39 is 0 Å². The van der Waals surface area contributed by atoms with E-state index in [1.165, 1.54) is 18.5 Å². The summed E-state index contributed by atoms with van der Waals surface area (Å²) in [5.41, 5.74) is 1.76. The number of aryl methyl sites for hydroxylation is 1. The van der Waals surface area contributed by atoms with Crippen molar-refractivity contribution in [1.82, 2.24) is 14.8 Å². The van der Waals surface area contributed by atoms with Crippen molar-refractivity contribution in [2.75, 3.05) is 19.6 Å². The lowest BCUT2D eigenvalue weighted by Gasteiger charge is -2.28. The molecule has 1 N–H and O–H groups in total. The summed E-state index contributed by atoms with van der Waals surface area (Å²) < 4.78 is 2.13. The van der Waals surface area contributed by atoms with Gasteiger partial charge in [0.05, 0.1) is 16.6 Å². The molecule has 0 bridgehead atoms. The Hall–Kier alpha value is -1.78. The molecule has 0 aliphatic carbocycles. The van der Waals surface area contributed by atoms with Crippen LogP contribution in [0.2, 0.25) is 5.02 Å². The van der Waals surface area contributed by atoms with Gasteiger partial charge in [-0.25, -0.2) is 0 Å². The van der Waals surface area contributed by atoms with Crippen LogP contribution in [0.1, 0.15) is 34.9 Å². The number of aromatic nitrogens is 1. The molecule has 1 atom stereocenters. The highest BCUT2D eigenvalue weighted by Crippen LogP contribution is 2.25. The number of hydrogen-bond acceptors (Lipinski definition) is 2. The molecule has 4 nitrogen and oxygen atoms in total. The first kappa shape index (κ1) is 16.1. The largest absolute Gasteiger partial charge is 0.353 e. The average Bonchev–Trinajstić information content (AvgIpc) is 3.21. The van der Waals surface area contributed by atoms with Gasteiger partial charge in [-0.05, 0) is 50.2 Å². The number of amides is 1. The highest BCUT2D eigenvalue weighted by molar-refractivity contribution is 6.33. The van der Waals surface area contributed by atoms with E-state index in [0.29, 0.717) is 17.1 Å². The number of likely N-dealkylation sites (tertiary alicyclic amines) is 1. The van der Waals surface area contributed by atoms with Gasteiger partial charge in [0.1, 0.15) is 0 Å². The summed E-state index contributed by atoms with van der Waals surface area (Å²) in [6, 6.07) is 11.5. The molecule has 1 aliphatic rings. The predicted octanol–water partition coefficient (Wildman–Crippen LogP) is 3.25. The molecule has 0 spiro atoms. The lowest BCUT2D eigenvalue weighted by Crippen LogP contribution is -2.37. The van der Waals surface area contributed by atoms with Crippen molar-refractivity contribution in [3.8, 4) is 0 Å². The summed E-state index contributed by atoms with van der Waals surface area (Å²) in [5, 5.41) is 3.54. The normalized spacial score (nSPS) is 16.4. The maximum Gasteiger partial charge on any atom is 0.252 e. The molecule has 0 radical (unpaired) electrons. The van der Waals surface area contributed by atoms with Crippen LogP contribution in [0.3, 0.4) is 0 Å². The highest BCUT2D eigenvalue weighted by Gasteiger charge is 2.25. The van der Waals surface area contributed by atoms with E-state index >= 15 is 0 Å². The second kappa shape index (κ2) is 7.20. The third kappa shape index (κ3) is 3.59. The van der Waals surface area contributed by atoms with E-state index in [9.17, 15) is 4.79 Å². The Bertz CT molecular complexity index is 676. The third-order valence-electron chi connectivity index (χ3n) is 4.48. The van der Waals surface area contributed by atoms with Crippen LogP contribution in [0, 0.1) is 0 Å². The first-order valence-electron chi connectivity index (χ1n) is 8.05. The third-order valence-corrected chi connectivity index (χ3v) is 4.81. The van der Waals surface area contributed by atoms with E-state index in [-0.39, 0.29) is 11.9 Å². The summed E-state index contributed by atoms with van der Waals surface area (Å²) in [6.45, 7) is 2.75. The summed E-state index contributed by atoms with van der Waals surface area (Å²) >= 11 is 6.11. The number of nitrogens with zero attached hydrogens (tertiary/aromatic N) is 2. The van der Waals surface area contributed by atoms with Gasteiger partial charge in [-0.15, -0.1) is 0 Å². The van der Waals surface area contributed by atoms with E-state index in [1.54, 1.807) is 12.1 Å². The van der Waals surface area contributed by atoms with E-state index in [0.717, 1.165) is 13.1 Å². The zero-order chi connectivity index (χ0) is 16.2. The molecule has 1 amide bonds. The standard InChI is InChI=1S/C18H22ClN3O/c1-21-10-6-9-16(21)17(22-11-4-5-12-22)13-20-18(23)14-7-2-3-8-15(14)19/h2-3,6-10,17H,4-5,11-13H2,1H3,(H,20,23). The van der Waals surface area contributed by atoms with Crippen LogP contribution in [-0.4, -0.2) is 35.0 Å². The van der Waals surface area contributed by atoms with Crippen LogP contribution in [0.15, 0.2) is 42.6 Å². The smallest absolute Gasteiger partial charge is 0.252 e. The quantitative estimate of drug-likeness (QED) is 0.913. The molecule has 3 rings (SSSR count). The first-order chi connectivity index (χ1) is 11.2. The van der Waals surface area contributed by atoms with Crippen LogP contribution in [-0.2, 0) is 7.05 Å². The van der Waals surface area contributed by atoms with Gasteiger partial charge in [0.2, 0.25) is 0 Å². The second-order valence-electron chi connectivity index (χ2n) is 5.99. The summed E-state index contributed by atoms with van der Waals surface area (Å²) in [6.07, 6.45) is 4.49. The number of rotatable bonds is 5. The maximum atomic E-state index is 12.4. The zero-order valence-corrected chi connectivity index (χ0v) is 14.1. The molecule has 1 aromatic carbocycles. The Balaban J connectivity index is 1.73. The number of carbonyl (C=O) groups excluding carboxylic acids is 1. The minimum Gasteiger partial charge on any atom is -0.353 e. The Morgan fingerprint density at radius 3 is 2.61 bits per heavy atom. The molecule has 0 saturated carbocycles. The minimum atomic E-state index is -0.117. The van der Waals surface area contributed by atoms with Gasteiger partial charge in [0.25, 0.3) is 5.91 Å². The average molecular weight is 332 g/mol. The van der Waals surface area contributed by atoms with Gasteiger partial charge < -0.3 is 9.88 Å². The number of carbonyl (C=O) groups is 1. The van der Waals surface area contributed by atoms with Crippen LogP contribution < -0.4 is 5.32 Å².